The van der Waals surface area contributed by atoms with Crippen molar-refractivity contribution in [2.45, 2.75) is 51.0 Å². The number of aliphatic carboxylic acids is 1. The Balaban J connectivity index is 2.31. The van der Waals surface area contributed by atoms with Crippen LogP contribution in [0.3, 0.4) is 0 Å². The molecule has 6 nitrogen and oxygen atoms in total. The van der Waals surface area contributed by atoms with Crippen molar-refractivity contribution in [3.8, 4) is 0 Å². The number of hydrogen-bond acceptors (Lipinski definition) is 4. The van der Waals surface area contributed by atoms with Gasteiger partial charge in [0.15, 0.2) is 6.10 Å². The molecule has 1 unspecified atom stereocenters. The van der Waals surface area contributed by atoms with Gasteiger partial charge in [0.05, 0.1) is 0 Å². The average Bonchev–Trinajstić information content (AvgIpc) is 2.39. The fourth-order valence-corrected chi connectivity index (χ4v) is 2.63. The van der Waals surface area contributed by atoms with Crippen molar-refractivity contribution < 1.29 is 19.8 Å². The molecule has 1 aliphatic rings. The zero-order valence-electron chi connectivity index (χ0n) is 11.2. The summed E-state index contributed by atoms with van der Waals surface area (Å²) >= 11 is 0. The van der Waals surface area contributed by atoms with Crippen LogP contribution >= 0.6 is 0 Å². The molecule has 110 valence electrons. The van der Waals surface area contributed by atoms with E-state index >= 15 is 0 Å². The first-order valence-electron chi connectivity index (χ1n) is 6.87. The zero-order chi connectivity index (χ0) is 14.3. The number of carboxylic acid groups (broad SMARTS) is 1. The lowest BCUT2D eigenvalue weighted by Gasteiger charge is -2.35. The number of carboxylic acids is 1. The molecular formula is C13H24N2O4. The summed E-state index contributed by atoms with van der Waals surface area (Å²) in [6.07, 6.45) is 4.39. The third-order valence-corrected chi connectivity index (χ3v) is 3.91. The van der Waals surface area contributed by atoms with E-state index in [1.165, 1.54) is 6.42 Å². The van der Waals surface area contributed by atoms with Crippen molar-refractivity contribution in [1.82, 2.24) is 5.32 Å². The molecule has 0 spiro atoms. The van der Waals surface area contributed by atoms with Crippen molar-refractivity contribution in [2.24, 2.45) is 11.1 Å². The van der Waals surface area contributed by atoms with Crippen LogP contribution in [0, 0.1) is 5.41 Å². The van der Waals surface area contributed by atoms with Crippen LogP contribution in [0.2, 0.25) is 0 Å². The Morgan fingerprint density at radius 2 is 1.89 bits per heavy atom. The number of nitrogens with two attached hydrogens (primary N) is 1. The first-order valence-corrected chi connectivity index (χ1v) is 6.87. The van der Waals surface area contributed by atoms with E-state index in [9.17, 15) is 9.59 Å². The molecule has 19 heavy (non-hydrogen) atoms. The van der Waals surface area contributed by atoms with E-state index in [0.29, 0.717) is 13.0 Å². The molecule has 6 heteroatoms. The molecule has 1 amide bonds. The summed E-state index contributed by atoms with van der Waals surface area (Å²) in [6.45, 7) is 0.686. The molecule has 1 saturated carbocycles. The van der Waals surface area contributed by atoms with Gasteiger partial charge < -0.3 is 21.3 Å². The van der Waals surface area contributed by atoms with Crippen molar-refractivity contribution in [3.63, 3.8) is 0 Å². The van der Waals surface area contributed by atoms with Crippen LogP contribution in [0.25, 0.3) is 0 Å². The summed E-state index contributed by atoms with van der Waals surface area (Å²) < 4.78 is 0. The molecular weight excluding hydrogens is 248 g/mol. The summed E-state index contributed by atoms with van der Waals surface area (Å²) in [5, 5.41) is 20.3. The molecule has 0 bridgehead atoms. The van der Waals surface area contributed by atoms with Gasteiger partial charge in [0.2, 0.25) is 5.91 Å². The standard InChI is InChI=1S/C13H24N2O4/c14-9-13(5-2-1-3-6-13)8-11(17)15-7-4-10(16)12(18)19/h10,16H,1-9,14H2,(H,15,17)(H,18,19). The Labute approximate surface area is 113 Å². The van der Waals surface area contributed by atoms with Gasteiger partial charge in [0.1, 0.15) is 0 Å². The quantitative estimate of drug-likeness (QED) is 0.530. The summed E-state index contributed by atoms with van der Waals surface area (Å²) in [4.78, 5) is 22.2. The highest BCUT2D eigenvalue weighted by Gasteiger charge is 2.32. The van der Waals surface area contributed by atoms with E-state index in [2.05, 4.69) is 5.32 Å². The Morgan fingerprint density at radius 3 is 2.42 bits per heavy atom. The van der Waals surface area contributed by atoms with E-state index in [0.717, 1.165) is 25.7 Å². The number of carbonyl (C=O) groups is 2. The summed E-state index contributed by atoms with van der Waals surface area (Å²) in [5.74, 6) is -1.37. The largest absolute Gasteiger partial charge is 0.479 e. The molecule has 5 N–H and O–H groups in total. The van der Waals surface area contributed by atoms with Gasteiger partial charge in [0, 0.05) is 19.4 Å². The van der Waals surface area contributed by atoms with Gasteiger partial charge in [-0.1, -0.05) is 19.3 Å². The number of rotatable bonds is 7. The fourth-order valence-electron chi connectivity index (χ4n) is 2.63. The third-order valence-electron chi connectivity index (χ3n) is 3.91. The third kappa shape index (κ3) is 5.16. The van der Waals surface area contributed by atoms with Crippen LogP contribution in [0.5, 0.6) is 0 Å². The molecule has 1 rings (SSSR count). The van der Waals surface area contributed by atoms with E-state index in [1.807, 2.05) is 0 Å². The highest BCUT2D eigenvalue weighted by atomic mass is 16.4. The molecule has 0 radical (unpaired) electrons. The molecule has 0 aliphatic heterocycles. The lowest BCUT2D eigenvalue weighted by molar-refractivity contribution is -0.147. The Hall–Kier alpha value is -1.14. The second-order valence-electron chi connectivity index (χ2n) is 5.43. The molecule has 0 saturated heterocycles. The Bertz CT molecular complexity index is 314. The summed E-state index contributed by atoms with van der Waals surface area (Å²) in [7, 11) is 0. The highest BCUT2D eigenvalue weighted by molar-refractivity contribution is 5.77. The number of amides is 1. The fraction of sp³-hybridized carbons (Fsp3) is 0.846. The minimum atomic E-state index is -1.42. The van der Waals surface area contributed by atoms with Crippen molar-refractivity contribution >= 4 is 11.9 Å². The molecule has 0 heterocycles. The minimum Gasteiger partial charge on any atom is -0.479 e. The van der Waals surface area contributed by atoms with Crippen LogP contribution in [-0.4, -0.2) is 41.3 Å². The predicted molar refractivity (Wildman–Crippen MR) is 70.5 cm³/mol. The first kappa shape index (κ1) is 15.9. The first-order chi connectivity index (χ1) is 8.99. The monoisotopic (exact) mass is 272 g/mol. The predicted octanol–water partition coefficient (Wildman–Crippen LogP) is 0.238. The van der Waals surface area contributed by atoms with E-state index in [-0.39, 0.29) is 24.3 Å². The number of nitrogens with one attached hydrogen (secondary N) is 1. The van der Waals surface area contributed by atoms with E-state index in [4.69, 9.17) is 15.9 Å². The summed E-state index contributed by atoms with van der Waals surface area (Å²) in [6, 6.07) is 0. The number of carbonyl (C=O) groups excluding carboxylic acids is 1. The van der Waals surface area contributed by atoms with Crippen LogP contribution < -0.4 is 11.1 Å². The molecule has 1 atom stereocenters. The minimum absolute atomic E-state index is 0.0245. The average molecular weight is 272 g/mol. The van der Waals surface area contributed by atoms with Gasteiger partial charge in [0.25, 0.3) is 0 Å². The second-order valence-corrected chi connectivity index (χ2v) is 5.43. The maximum atomic E-state index is 11.8. The molecule has 0 aromatic rings. The number of aliphatic hydroxyl groups excluding tert-OH is 1. The second kappa shape index (κ2) is 7.45. The van der Waals surface area contributed by atoms with Crippen LogP contribution in [0.1, 0.15) is 44.9 Å². The SMILES string of the molecule is NCC1(CC(=O)NCCC(O)C(=O)O)CCCCC1. The molecule has 0 aromatic carbocycles. The van der Waals surface area contributed by atoms with Gasteiger partial charge in [-0.3, -0.25) is 4.79 Å². The van der Waals surface area contributed by atoms with Gasteiger partial charge in [-0.25, -0.2) is 4.79 Å². The van der Waals surface area contributed by atoms with E-state index < -0.39 is 12.1 Å². The van der Waals surface area contributed by atoms with Gasteiger partial charge in [-0.2, -0.15) is 0 Å². The van der Waals surface area contributed by atoms with Crippen LogP contribution in [0.4, 0.5) is 0 Å². The molecule has 0 aromatic heterocycles. The van der Waals surface area contributed by atoms with E-state index in [1.54, 1.807) is 0 Å². The molecule has 1 fully saturated rings. The smallest absolute Gasteiger partial charge is 0.332 e. The van der Waals surface area contributed by atoms with Crippen molar-refractivity contribution in [2.75, 3.05) is 13.1 Å². The normalized spacial score (nSPS) is 19.7. The number of aliphatic hydroxyl groups is 1. The topological polar surface area (TPSA) is 113 Å². The van der Waals surface area contributed by atoms with Gasteiger partial charge in [-0.05, 0) is 24.8 Å². The van der Waals surface area contributed by atoms with Crippen molar-refractivity contribution in [3.05, 3.63) is 0 Å². The number of hydrogen-bond donors (Lipinski definition) is 4. The lowest BCUT2D eigenvalue weighted by Crippen LogP contribution is -2.39. The summed E-state index contributed by atoms with van der Waals surface area (Å²) in [5.41, 5.74) is 5.72. The molecule has 1 aliphatic carbocycles. The van der Waals surface area contributed by atoms with Crippen LogP contribution in [0.15, 0.2) is 0 Å². The Kier molecular flexibility index (Phi) is 6.24. The maximum Gasteiger partial charge on any atom is 0.332 e. The zero-order valence-corrected chi connectivity index (χ0v) is 11.2. The van der Waals surface area contributed by atoms with Gasteiger partial charge >= 0.3 is 5.97 Å². The van der Waals surface area contributed by atoms with Gasteiger partial charge in [-0.15, -0.1) is 0 Å². The Morgan fingerprint density at radius 1 is 1.26 bits per heavy atom. The van der Waals surface area contributed by atoms with Crippen molar-refractivity contribution in [1.29, 1.82) is 0 Å². The highest BCUT2D eigenvalue weighted by Crippen LogP contribution is 2.38. The van der Waals surface area contributed by atoms with Crippen LogP contribution in [-0.2, 0) is 9.59 Å². The maximum absolute atomic E-state index is 11.8. The lowest BCUT2D eigenvalue weighted by atomic mass is 9.71.